The number of aromatic nitrogens is 1. The molecule has 106 valence electrons. The van der Waals surface area contributed by atoms with E-state index in [0.29, 0.717) is 12.4 Å². The molecular formula is C15H18N2O3. The van der Waals surface area contributed by atoms with Gasteiger partial charge in [-0.1, -0.05) is 35.0 Å². The Morgan fingerprint density at radius 1 is 1.40 bits per heavy atom. The quantitative estimate of drug-likeness (QED) is 0.909. The SMILES string of the molecule is COC[C@@H](C)NC(=O)c1cc(-c2ccc(C)cc2)on1. The third-order valence-electron chi connectivity index (χ3n) is 2.87. The average molecular weight is 274 g/mol. The maximum Gasteiger partial charge on any atom is 0.273 e. The molecule has 0 bridgehead atoms. The van der Waals surface area contributed by atoms with Crippen LogP contribution in [0, 0.1) is 6.92 Å². The van der Waals surface area contributed by atoms with Gasteiger partial charge in [-0.05, 0) is 13.8 Å². The zero-order valence-corrected chi connectivity index (χ0v) is 11.8. The molecule has 0 fully saturated rings. The number of ether oxygens (including phenoxy) is 1. The standard InChI is InChI=1S/C15H18N2O3/c1-10-4-6-12(7-5-10)14-8-13(17-20-14)15(18)16-11(2)9-19-3/h4-8,11H,9H2,1-3H3,(H,16,18)/t11-/m1/s1. The number of aryl methyl sites for hydroxylation is 1. The molecule has 1 N–H and O–H groups in total. The van der Waals surface area contributed by atoms with Gasteiger partial charge in [-0.2, -0.15) is 0 Å². The molecule has 2 rings (SSSR count). The molecule has 0 aliphatic carbocycles. The first-order valence-electron chi connectivity index (χ1n) is 6.43. The third-order valence-corrected chi connectivity index (χ3v) is 2.87. The smallest absolute Gasteiger partial charge is 0.273 e. The van der Waals surface area contributed by atoms with E-state index in [4.69, 9.17) is 9.26 Å². The number of benzene rings is 1. The fourth-order valence-corrected chi connectivity index (χ4v) is 1.83. The van der Waals surface area contributed by atoms with Gasteiger partial charge in [-0.25, -0.2) is 0 Å². The zero-order chi connectivity index (χ0) is 14.5. The molecule has 20 heavy (non-hydrogen) atoms. The molecule has 1 amide bonds. The van der Waals surface area contributed by atoms with E-state index in [-0.39, 0.29) is 17.6 Å². The van der Waals surface area contributed by atoms with E-state index >= 15 is 0 Å². The van der Waals surface area contributed by atoms with Crippen LogP contribution in [0.25, 0.3) is 11.3 Å². The Kier molecular flexibility index (Phi) is 4.53. The summed E-state index contributed by atoms with van der Waals surface area (Å²) in [6.45, 7) is 4.33. The Balaban J connectivity index is 2.08. The van der Waals surface area contributed by atoms with Gasteiger partial charge in [0.15, 0.2) is 11.5 Å². The van der Waals surface area contributed by atoms with Crippen LogP contribution in [0.1, 0.15) is 23.0 Å². The number of amides is 1. The maximum absolute atomic E-state index is 11.9. The van der Waals surface area contributed by atoms with Crippen molar-refractivity contribution in [3.63, 3.8) is 0 Å². The molecule has 1 aromatic heterocycles. The molecule has 0 saturated heterocycles. The van der Waals surface area contributed by atoms with Crippen LogP contribution in [0.2, 0.25) is 0 Å². The number of carbonyl (C=O) groups excluding carboxylic acids is 1. The Hall–Kier alpha value is -2.14. The Morgan fingerprint density at radius 3 is 2.75 bits per heavy atom. The van der Waals surface area contributed by atoms with E-state index in [0.717, 1.165) is 5.56 Å². The summed E-state index contributed by atoms with van der Waals surface area (Å²) in [5.74, 6) is 0.311. The highest BCUT2D eigenvalue weighted by Crippen LogP contribution is 2.20. The van der Waals surface area contributed by atoms with Gasteiger partial charge < -0.3 is 14.6 Å². The van der Waals surface area contributed by atoms with Crippen LogP contribution in [0.4, 0.5) is 0 Å². The Labute approximate surface area is 117 Å². The summed E-state index contributed by atoms with van der Waals surface area (Å²) in [4.78, 5) is 11.9. The van der Waals surface area contributed by atoms with Crippen molar-refractivity contribution >= 4 is 5.91 Å². The number of hydrogen-bond acceptors (Lipinski definition) is 4. The highest BCUT2D eigenvalue weighted by molar-refractivity contribution is 5.93. The first-order chi connectivity index (χ1) is 9.60. The van der Waals surface area contributed by atoms with E-state index in [2.05, 4.69) is 10.5 Å². The normalized spacial score (nSPS) is 12.2. The summed E-state index contributed by atoms with van der Waals surface area (Å²) in [7, 11) is 1.59. The minimum Gasteiger partial charge on any atom is -0.383 e. The molecular weight excluding hydrogens is 256 g/mol. The van der Waals surface area contributed by atoms with Gasteiger partial charge >= 0.3 is 0 Å². The van der Waals surface area contributed by atoms with Crippen molar-refractivity contribution in [2.45, 2.75) is 19.9 Å². The van der Waals surface area contributed by atoms with Gasteiger partial charge in [-0.3, -0.25) is 4.79 Å². The number of hydrogen-bond donors (Lipinski definition) is 1. The van der Waals surface area contributed by atoms with Crippen molar-refractivity contribution in [2.75, 3.05) is 13.7 Å². The van der Waals surface area contributed by atoms with Crippen LogP contribution < -0.4 is 5.32 Å². The number of carbonyl (C=O) groups is 1. The topological polar surface area (TPSA) is 64.4 Å². The first kappa shape index (κ1) is 14.3. The number of methoxy groups -OCH3 is 1. The fourth-order valence-electron chi connectivity index (χ4n) is 1.83. The van der Waals surface area contributed by atoms with Gasteiger partial charge in [0.1, 0.15) is 0 Å². The van der Waals surface area contributed by atoms with Crippen LogP contribution in [0.5, 0.6) is 0 Å². The molecule has 1 aromatic carbocycles. The average Bonchev–Trinajstić information content (AvgIpc) is 2.89. The van der Waals surface area contributed by atoms with Crippen LogP contribution in [0.3, 0.4) is 0 Å². The molecule has 1 atom stereocenters. The van der Waals surface area contributed by atoms with Gasteiger partial charge in [0.25, 0.3) is 5.91 Å². The highest BCUT2D eigenvalue weighted by Gasteiger charge is 2.15. The van der Waals surface area contributed by atoms with Crippen molar-refractivity contribution in [1.29, 1.82) is 0 Å². The lowest BCUT2D eigenvalue weighted by molar-refractivity contribution is 0.0896. The van der Waals surface area contributed by atoms with E-state index in [9.17, 15) is 4.79 Å². The molecule has 5 heteroatoms. The zero-order valence-electron chi connectivity index (χ0n) is 11.8. The molecule has 0 aliphatic rings. The molecule has 2 aromatic rings. The molecule has 0 saturated carbocycles. The van der Waals surface area contributed by atoms with Crippen molar-refractivity contribution in [3.05, 3.63) is 41.6 Å². The van der Waals surface area contributed by atoms with E-state index < -0.39 is 0 Å². The lowest BCUT2D eigenvalue weighted by Crippen LogP contribution is -2.35. The summed E-state index contributed by atoms with van der Waals surface area (Å²) < 4.78 is 10.2. The minimum atomic E-state index is -0.267. The van der Waals surface area contributed by atoms with Crippen molar-refractivity contribution in [1.82, 2.24) is 10.5 Å². The van der Waals surface area contributed by atoms with Crippen LogP contribution in [-0.2, 0) is 4.74 Å². The first-order valence-corrected chi connectivity index (χ1v) is 6.43. The molecule has 1 heterocycles. The van der Waals surface area contributed by atoms with Crippen LogP contribution in [0.15, 0.2) is 34.9 Å². The molecule has 5 nitrogen and oxygen atoms in total. The van der Waals surface area contributed by atoms with Gasteiger partial charge in [0.2, 0.25) is 0 Å². The Bertz CT molecular complexity index is 575. The second-order valence-corrected chi connectivity index (χ2v) is 4.77. The van der Waals surface area contributed by atoms with E-state index in [1.54, 1.807) is 13.2 Å². The van der Waals surface area contributed by atoms with Crippen molar-refractivity contribution in [2.24, 2.45) is 0 Å². The van der Waals surface area contributed by atoms with Crippen molar-refractivity contribution in [3.8, 4) is 11.3 Å². The number of rotatable bonds is 5. The van der Waals surface area contributed by atoms with Crippen LogP contribution >= 0.6 is 0 Å². The second kappa shape index (κ2) is 6.34. The summed E-state index contributed by atoms with van der Waals surface area (Å²) in [5, 5.41) is 6.58. The fraction of sp³-hybridized carbons (Fsp3) is 0.333. The maximum atomic E-state index is 11.9. The third kappa shape index (κ3) is 3.45. The lowest BCUT2D eigenvalue weighted by Gasteiger charge is -2.10. The second-order valence-electron chi connectivity index (χ2n) is 4.77. The summed E-state index contributed by atoms with van der Waals surface area (Å²) in [5.41, 5.74) is 2.33. The van der Waals surface area contributed by atoms with Crippen molar-refractivity contribution < 1.29 is 14.1 Å². The largest absolute Gasteiger partial charge is 0.383 e. The van der Waals surface area contributed by atoms with Gasteiger partial charge in [0.05, 0.1) is 6.61 Å². The predicted octanol–water partition coefficient (Wildman–Crippen LogP) is 2.41. The molecule has 0 aliphatic heterocycles. The summed E-state index contributed by atoms with van der Waals surface area (Å²) in [6.07, 6.45) is 0. The Morgan fingerprint density at radius 2 is 2.10 bits per heavy atom. The van der Waals surface area contributed by atoms with Gasteiger partial charge in [0, 0.05) is 24.8 Å². The van der Waals surface area contributed by atoms with Gasteiger partial charge in [-0.15, -0.1) is 0 Å². The molecule has 0 unspecified atom stereocenters. The monoisotopic (exact) mass is 274 g/mol. The predicted molar refractivity (Wildman–Crippen MR) is 75.5 cm³/mol. The minimum absolute atomic E-state index is 0.0768. The van der Waals surface area contributed by atoms with E-state index in [1.807, 2.05) is 38.1 Å². The molecule has 0 spiro atoms. The number of nitrogens with one attached hydrogen (secondary N) is 1. The molecule has 0 radical (unpaired) electrons. The summed E-state index contributed by atoms with van der Waals surface area (Å²) in [6, 6.07) is 9.40. The highest BCUT2D eigenvalue weighted by atomic mass is 16.5. The number of nitrogens with zero attached hydrogens (tertiary/aromatic N) is 1. The lowest BCUT2D eigenvalue weighted by atomic mass is 10.1. The van der Waals surface area contributed by atoms with E-state index in [1.165, 1.54) is 5.56 Å². The van der Waals surface area contributed by atoms with Crippen LogP contribution in [-0.4, -0.2) is 30.8 Å². The summed E-state index contributed by atoms with van der Waals surface area (Å²) >= 11 is 0.